The number of rotatable bonds is 15. The Hall–Kier alpha value is -0.570. The van der Waals surface area contributed by atoms with E-state index in [-0.39, 0.29) is 24.1 Å². The van der Waals surface area contributed by atoms with Gasteiger partial charge in [0, 0.05) is 6.42 Å². The maximum atomic E-state index is 11.2. The van der Waals surface area contributed by atoms with Gasteiger partial charge < -0.3 is 9.84 Å². The second kappa shape index (κ2) is 12.8. The van der Waals surface area contributed by atoms with Gasteiger partial charge in [0.1, 0.15) is 6.10 Å². The van der Waals surface area contributed by atoms with Crippen LogP contribution in [-0.2, 0) is 9.53 Å². The molecule has 0 bridgehead atoms. The van der Waals surface area contributed by atoms with Crippen LogP contribution in [-0.4, -0.2) is 23.3 Å². The summed E-state index contributed by atoms with van der Waals surface area (Å²) in [6.45, 7) is 4.27. The molecule has 0 aliphatic carbocycles. The topological polar surface area (TPSA) is 46.5 Å². The quantitative estimate of drug-likeness (QED) is 0.324. The molecular formula is C20H38O3. The van der Waals surface area contributed by atoms with Crippen LogP contribution >= 0.6 is 0 Å². The summed E-state index contributed by atoms with van der Waals surface area (Å²) < 4.78 is 5.12. The van der Waals surface area contributed by atoms with E-state index in [1.165, 1.54) is 64.2 Å². The number of carbonyl (C=O) groups is 1. The minimum atomic E-state index is -0.305. The van der Waals surface area contributed by atoms with E-state index in [1.807, 2.05) is 6.92 Å². The van der Waals surface area contributed by atoms with E-state index in [1.54, 1.807) is 0 Å². The summed E-state index contributed by atoms with van der Waals surface area (Å²) in [4.78, 5) is 11.2. The van der Waals surface area contributed by atoms with E-state index in [2.05, 4.69) is 6.92 Å². The van der Waals surface area contributed by atoms with Crippen LogP contribution in [0.15, 0.2) is 0 Å². The Labute approximate surface area is 143 Å². The number of esters is 1. The van der Waals surface area contributed by atoms with Crippen molar-refractivity contribution in [2.24, 2.45) is 5.92 Å². The van der Waals surface area contributed by atoms with Gasteiger partial charge in [0.2, 0.25) is 0 Å². The fourth-order valence-corrected chi connectivity index (χ4v) is 3.47. The van der Waals surface area contributed by atoms with Crippen molar-refractivity contribution in [1.82, 2.24) is 0 Å². The van der Waals surface area contributed by atoms with Crippen LogP contribution in [0.1, 0.15) is 104 Å². The van der Waals surface area contributed by atoms with Gasteiger partial charge in [-0.1, -0.05) is 84.5 Å². The lowest BCUT2D eigenvalue weighted by atomic mass is 9.89. The van der Waals surface area contributed by atoms with Gasteiger partial charge in [-0.05, 0) is 12.8 Å². The first-order valence-corrected chi connectivity index (χ1v) is 10.1. The Kier molecular flexibility index (Phi) is 11.4. The molecule has 1 heterocycles. The molecular weight excluding hydrogens is 288 g/mol. The molecule has 3 heteroatoms. The summed E-state index contributed by atoms with van der Waals surface area (Å²) in [7, 11) is 0. The summed E-state index contributed by atoms with van der Waals surface area (Å²) in [6, 6.07) is 0. The Bertz CT molecular complexity index is 303. The van der Waals surface area contributed by atoms with Crippen molar-refractivity contribution in [2.75, 3.05) is 0 Å². The molecule has 1 aliphatic heterocycles. The lowest BCUT2D eigenvalue weighted by molar-refractivity contribution is -0.188. The third-order valence-electron chi connectivity index (χ3n) is 5.10. The molecule has 23 heavy (non-hydrogen) atoms. The van der Waals surface area contributed by atoms with E-state index in [0.717, 1.165) is 19.3 Å². The van der Waals surface area contributed by atoms with E-state index < -0.39 is 0 Å². The molecule has 0 radical (unpaired) electrons. The van der Waals surface area contributed by atoms with Gasteiger partial charge >= 0.3 is 5.97 Å². The Morgan fingerprint density at radius 1 is 0.913 bits per heavy atom. The van der Waals surface area contributed by atoms with E-state index in [0.29, 0.717) is 6.42 Å². The highest BCUT2D eigenvalue weighted by atomic mass is 16.6. The molecule has 1 rings (SSSR count). The monoisotopic (exact) mass is 326 g/mol. The maximum absolute atomic E-state index is 11.2. The van der Waals surface area contributed by atoms with Gasteiger partial charge in [-0.15, -0.1) is 0 Å². The zero-order valence-corrected chi connectivity index (χ0v) is 15.4. The largest absolute Gasteiger partial charge is 0.461 e. The average Bonchev–Trinajstić information content (AvgIpc) is 2.52. The number of hydrogen-bond donors (Lipinski definition) is 1. The van der Waals surface area contributed by atoms with Crippen molar-refractivity contribution in [3.8, 4) is 0 Å². The first-order valence-electron chi connectivity index (χ1n) is 10.1. The third-order valence-corrected chi connectivity index (χ3v) is 5.10. The number of carbonyl (C=O) groups excluding carboxylic acids is 1. The molecule has 1 N–H and O–H groups in total. The Balaban J connectivity index is 1.84. The maximum Gasteiger partial charge on any atom is 0.313 e. The highest BCUT2D eigenvalue weighted by molar-refractivity contribution is 5.78. The number of aliphatic hydroxyl groups excluding tert-OH is 1. The standard InChI is InChI=1S/C20H38O3/c1-3-5-6-7-8-9-10-11-12-13-14-15-17(21)16-19-18(4-2)20(22)23-19/h17-19,21H,3-16H2,1-2H3/t17-,18+,19+/m1/s1. The summed E-state index contributed by atoms with van der Waals surface area (Å²) in [5.74, 6) is -0.0543. The molecule has 1 saturated heterocycles. The summed E-state index contributed by atoms with van der Waals surface area (Å²) >= 11 is 0. The second-order valence-corrected chi connectivity index (χ2v) is 7.20. The minimum absolute atomic E-state index is 0.0296. The van der Waals surface area contributed by atoms with Gasteiger partial charge in [-0.25, -0.2) is 0 Å². The van der Waals surface area contributed by atoms with Crippen LogP contribution in [0.4, 0.5) is 0 Å². The van der Waals surface area contributed by atoms with Crippen LogP contribution in [0.25, 0.3) is 0 Å². The average molecular weight is 327 g/mol. The van der Waals surface area contributed by atoms with Gasteiger partial charge in [-0.3, -0.25) is 4.79 Å². The van der Waals surface area contributed by atoms with Crippen molar-refractivity contribution in [2.45, 2.75) is 116 Å². The summed E-state index contributed by atoms with van der Waals surface area (Å²) in [5, 5.41) is 10.0. The predicted octanol–water partition coefficient (Wildman–Crippen LogP) is 5.39. The SMILES string of the molecule is CCCCCCCCCCCCC[C@@H](O)C[C@@H]1OC(=O)[C@H]1CC. The van der Waals surface area contributed by atoms with Crippen LogP contribution in [0, 0.1) is 5.92 Å². The molecule has 0 aromatic heterocycles. The molecule has 0 aromatic carbocycles. The van der Waals surface area contributed by atoms with Gasteiger partial charge in [0.05, 0.1) is 12.0 Å². The van der Waals surface area contributed by atoms with Gasteiger partial charge in [0.25, 0.3) is 0 Å². The normalized spacial score (nSPS) is 21.8. The Morgan fingerprint density at radius 2 is 1.43 bits per heavy atom. The molecule has 0 unspecified atom stereocenters. The first kappa shape index (κ1) is 20.5. The second-order valence-electron chi connectivity index (χ2n) is 7.20. The highest BCUT2D eigenvalue weighted by Gasteiger charge is 2.41. The van der Waals surface area contributed by atoms with E-state index >= 15 is 0 Å². The zero-order chi connectivity index (χ0) is 16.9. The molecule has 136 valence electrons. The van der Waals surface area contributed by atoms with Crippen LogP contribution in [0.5, 0.6) is 0 Å². The lowest BCUT2D eigenvalue weighted by Crippen LogP contribution is -2.46. The highest BCUT2D eigenvalue weighted by Crippen LogP contribution is 2.29. The molecule has 1 aliphatic rings. The predicted molar refractivity (Wildman–Crippen MR) is 95.4 cm³/mol. The van der Waals surface area contributed by atoms with Crippen molar-refractivity contribution < 1.29 is 14.6 Å². The minimum Gasteiger partial charge on any atom is -0.461 e. The van der Waals surface area contributed by atoms with Crippen molar-refractivity contribution >= 4 is 5.97 Å². The lowest BCUT2D eigenvalue weighted by Gasteiger charge is -2.35. The molecule has 0 spiro atoms. The van der Waals surface area contributed by atoms with Crippen LogP contribution in [0.3, 0.4) is 0 Å². The van der Waals surface area contributed by atoms with Crippen LogP contribution in [0.2, 0.25) is 0 Å². The van der Waals surface area contributed by atoms with E-state index in [4.69, 9.17) is 4.74 Å². The van der Waals surface area contributed by atoms with Crippen LogP contribution < -0.4 is 0 Å². The third kappa shape index (κ3) is 8.74. The van der Waals surface area contributed by atoms with Crippen molar-refractivity contribution in [3.63, 3.8) is 0 Å². The molecule has 0 aromatic rings. The number of unbranched alkanes of at least 4 members (excludes halogenated alkanes) is 10. The van der Waals surface area contributed by atoms with Gasteiger partial charge in [-0.2, -0.15) is 0 Å². The first-order chi connectivity index (χ1) is 11.2. The smallest absolute Gasteiger partial charge is 0.313 e. The van der Waals surface area contributed by atoms with Crippen molar-refractivity contribution in [1.29, 1.82) is 0 Å². The van der Waals surface area contributed by atoms with Gasteiger partial charge in [0.15, 0.2) is 0 Å². The fraction of sp³-hybridized carbons (Fsp3) is 0.950. The molecule has 3 atom stereocenters. The number of ether oxygens (including phenoxy) is 1. The zero-order valence-electron chi connectivity index (χ0n) is 15.4. The fourth-order valence-electron chi connectivity index (χ4n) is 3.47. The molecule has 3 nitrogen and oxygen atoms in total. The van der Waals surface area contributed by atoms with E-state index in [9.17, 15) is 9.90 Å². The molecule has 0 amide bonds. The number of cyclic esters (lactones) is 1. The Morgan fingerprint density at radius 3 is 1.91 bits per heavy atom. The number of aliphatic hydroxyl groups is 1. The van der Waals surface area contributed by atoms with Crippen molar-refractivity contribution in [3.05, 3.63) is 0 Å². The number of hydrogen-bond acceptors (Lipinski definition) is 3. The summed E-state index contributed by atoms with van der Waals surface area (Å²) in [6.07, 6.45) is 16.6. The molecule has 0 saturated carbocycles. The molecule has 1 fully saturated rings. The summed E-state index contributed by atoms with van der Waals surface area (Å²) in [5.41, 5.74) is 0.